The van der Waals surface area contributed by atoms with Gasteiger partial charge in [0.25, 0.3) is 0 Å². The molecule has 1 heterocycles. The number of nitrogens with one attached hydrogen (secondary N) is 1. The third-order valence-electron chi connectivity index (χ3n) is 2.37. The Morgan fingerprint density at radius 2 is 2.35 bits per heavy atom. The van der Waals surface area contributed by atoms with E-state index in [0.29, 0.717) is 26.0 Å². The standard InChI is InChI=1S/C11H20N4O2/c1-4-9(11(16)17-5-2)12-7-6-10-13-8-15(3)14-10/h8-9,12H,4-7H2,1-3H3. The molecule has 1 rings (SSSR count). The molecule has 0 bridgehead atoms. The van der Waals surface area contributed by atoms with Crippen molar-refractivity contribution < 1.29 is 9.53 Å². The molecule has 0 saturated carbocycles. The molecule has 0 spiro atoms. The van der Waals surface area contributed by atoms with Crippen molar-refractivity contribution in [2.24, 2.45) is 7.05 Å². The van der Waals surface area contributed by atoms with Gasteiger partial charge in [-0.2, -0.15) is 5.10 Å². The van der Waals surface area contributed by atoms with E-state index in [4.69, 9.17) is 4.74 Å². The quantitative estimate of drug-likeness (QED) is 0.694. The van der Waals surface area contributed by atoms with Crippen molar-refractivity contribution in [2.45, 2.75) is 32.7 Å². The van der Waals surface area contributed by atoms with E-state index in [1.54, 1.807) is 11.0 Å². The van der Waals surface area contributed by atoms with Gasteiger partial charge < -0.3 is 10.1 Å². The Labute approximate surface area is 101 Å². The average Bonchev–Trinajstić information content (AvgIpc) is 2.71. The molecule has 6 heteroatoms. The van der Waals surface area contributed by atoms with Crippen molar-refractivity contribution in [1.29, 1.82) is 0 Å². The van der Waals surface area contributed by atoms with E-state index < -0.39 is 0 Å². The molecule has 1 aromatic rings. The van der Waals surface area contributed by atoms with E-state index in [-0.39, 0.29) is 12.0 Å². The SMILES string of the molecule is CCOC(=O)C(CC)NCCc1ncn(C)n1. The van der Waals surface area contributed by atoms with Crippen molar-refractivity contribution in [1.82, 2.24) is 20.1 Å². The highest BCUT2D eigenvalue weighted by molar-refractivity contribution is 5.75. The lowest BCUT2D eigenvalue weighted by atomic mass is 10.2. The molecule has 0 fully saturated rings. The third kappa shape index (κ3) is 4.52. The summed E-state index contributed by atoms with van der Waals surface area (Å²) in [5.41, 5.74) is 0. The summed E-state index contributed by atoms with van der Waals surface area (Å²) < 4.78 is 6.63. The highest BCUT2D eigenvalue weighted by Crippen LogP contribution is 1.96. The first-order valence-electron chi connectivity index (χ1n) is 5.91. The molecule has 1 atom stereocenters. The largest absolute Gasteiger partial charge is 0.465 e. The summed E-state index contributed by atoms with van der Waals surface area (Å²) in [5, 5.41) is 7.31. The number of rotatable bonds is 7. The van der Waals surface area contributed by atoms with E-state index in [1.807, 2.05) is 20.9 Å². The molecule has 1 aromatic heterocycles. The maximum Gasteiger partial charge on any atom is 0.323 e. The van der Waals surface area contributed by atoms with Crippen LogP contribution in [0.2, 0.25) is 0 Å². The summed E-state index contributed by atoms with van der Waals surface area (Å²) in [7, 11) is 1.83. The number of ether oxygens (including phenoxy) is 1. The minimum atomic E-state index is -0.237. The number of hydrogen-bond donors (Lipinski definition) is 1. The second kappa shape index (κ2) is 7.01. The van der Waals surface area contributed by atoms with Crippen LogP contribution in [-0.4, -0.2) is 39.9 Å². The zero-order valence-corrected chi connectivity index (χ0v) is 10.6. The summed E-state index contributed by atoms with van der Waals surface area (Å²) in [6.07, 6.45) is 3.09. The molecule has 6 nitrogen and oxygen atoms in total. The first-order chi connectivity index (χ1) is 8.17. The number of aryl methyl sites for hydroxylation is 1. The molecule has 0 radical (unpaired) electrons. The molecule has 0 aliphatic carbocycles. The Balaban J connectivity index is 2.30. The lowest BCUT2D eigenvalue weighted by Crippen LogP contribution is -2.38. The first-order valence-corrected chi connectivity index (χ1v) is 5.91. The minimum Gasteiger partial charge on any atom is -0.465 e. The van der Waals surface area contributed by atoms with Crippen LogP contribution < -0.4 is 5.32 Å². The van der Waals surface area contributed by atoms with Gasteiger partial charge in [0.05, 0.1) is 6.61 Å². The monoisotopic (exact) mass is 240 g/mol. The van der Waals surface area contributed by atoms with E-state index in [1.165, 1.54) is 0 Å². The fourth-order valence-corrected chi connectivity index (χ4v) is 1.49. The number of nitrogens with zero attached hydrogens (tertiary/aromatic N) is 3. The van der Waals surface area contributed by atoms with Crippen molar-refractivity contribution >= 4 is 5.97 Å². The van der Waals surface area contributed by atoms with Gasteiger partial charge in [-0.05, 0) is 13.3 Å². The molecule has 0 aliphatic heterocycles. The normalized spacial score (nSPS) is 12.4. The average molecular weight is 240 g/mol. The highest BCUT2D eigenvalue weighted by Gasteiger charge is 2.16. The van der Waals surface area contributed by atoms with E-state index >= 15 is 0 Å². The summed E-state index contributed by atoms with van der Waals surface area (Å²) in [6, 6.07) is -0.237. The first kappa shape index (κ1) is 13.6. The van der Waals surface area contributed by atoms with Crippen LogP contribution in [0.15, 0.2) is 6.33 Å². The summed E-state index contributed by atoms with van der Waals surface area (Å²) in [4.78, 5) is 15.6. The van der Waals surface area contributed by atoms with Crippen molar-refractivity contribution in [2.75, 3.05) is 13.2 Å². The molecule has 17 heavy (non-hydrogen) atoms. The predicted molar refractivity (Wildman–Crippen MR) is 63.4 cm³/mol. The zero-order chi connectivity index (χ0) is 12.7. The van der Waals surface area contributed by atoms with Crippen LogP contribution in [0.25, 0.3) is 0 Å². The van der Waals surface area contributed by atoms with Gasteiger partial charge in [-0.25, -0.2) is 4.98 Å². The number of carbonyl (C=O) groups excluding carboxylic acids is 1. The van der Waals surface area contributed by atoms with Gasteiger partial charge in [0.1, 0.15) is 12.4 Å². The van der Waals surface area contributed by atoms with Gasteiger partial charge in [-0.15, -0.1) is 0 Å². The Morgan fingerprint density at radius 1 is 1.59 bits per heavy atom. The molecule has 96 valence electrons. The molecule has 0 amide bonds. The smallest absolute Gasteiger partial charge is 0.323 e. The Bertz CT molecular complexity index is 351. The number of hydrogen-bond acceptors (Lipinski definition) is 5. The maximum atomic E-state index is 11.5. The highest BCUT2D eigenvalue weighted by atomic mass is 16.5. The number of carbonyl (C=O) groups is 1. The number of esters is 1. The molecule has 0 aromatic carbocycles. The van der Waals surface area contributed by atoms with Gasteiger partial charge in [-0.3, -0.25) is 9.48 Å². The Hall–Kier alpha value is -1.43. The van der Waals surface area contributed by atoms with Gasteiger partial charge in [0.15, 0.2) is 5.82 Å². The summed E-state index contributed by atoms with van der Waals surface area (Å²) >= 11 is 0. The van der Waals surface area contributed by atoms with E-state index in [2.05, 4.69) is 15.4 Å². The van der Waals surface area contributed by atoms with Crippen LogP contribution in [0.5, 0.6) is 0 Å². The van der Waals surface area contributed by atoms with Crippen LogP contribution >= 0.6 is 0 Å². The fourth-order valence-electron chi connectivity index (χ4n) is 1.49. The molecular formula is C11H20N4O2. The molecule has 0 saturated heterocycles. The van der Waals surface area contributed by atoms with Gasteiger partial charge in [0, 0.05) is 20.0 Å². The molecular weight excluding hydrogens is 220 g/mol. The lowest BCUT2D eigenvalue weighted by Gasteiger charge is -2.14. The summed E-state index contributed by atoms with van der Waals surface area (Å²) in [5.74, 6) is 0.586. The van der Waals surface area contributed by atoms with Gasteiger partial charge >= 0.3 is 5.97 Å². The van der Waals surface area contributed by atoms with E-state index in [0.717, 1.165) is 5.82 Å². The van der Waals surface area contributed by atoms with E-state index in [9.17, 15) is 4.79 Å². The lowest BCUT2D eigenvalue weighted by molar-refractivity contribution is -0.145. The van der Waals surface area contributed by atoms with Crippen LogP contribution in [0, 0.1) is 0 Å². The van der Waals surface area contributed by atoms with Crippen molar-refractivity contribution in [3.63, 3.8) is 0 Å². The fraction of sp³-hybridized carbons (Fsp3) is 0.727. The van der Waals surface area contributed by atoms with Crippen molar-refractivity contribution in [3.05, 3.63) is 12.2 Å². The molecule has 0 aliphatic rings. The van der Waals surface area contributed by atoms with Gasteiger partial charge in [-0.1, -0.05) is 6.92 Å². The zero-order valence-electron chi connectivity index (χ0n) is 10.6. The molecule has 1 N–H and O–H groups in total. The number of aromatic nitrogens is 3. The van der Waals surface area contributed by atoms with Crippen LogP contribution in [0.1, 0.15) is 26.1 Å². The van der Waals surface area contributed by atoms with Crippen molar-refractivity contribution in [3.8, 4) is 0 Å². The maximum absolute atomic E-state index is 11.5. The predicted octanol–water partition coefficient (Wildman–Crippen LogP) is 0.289. The van der Waals surface area contributed by atoms with Crippen LogP contribution in [-0.2, 0) is 23.0 Å². The second-order valence-electron chi connectivity index (χ2n) is 3.75. The van der Waals surface area contributed by atoms with Crippen LogP contribution in [0.4, 0.5) is 0 Å². The van der Waals surface area contributed by atoms with Crippen LogP contribution in [0.3, 0.4) is 0 Å². The molecule has 1 unspecified atom stereocenters. The van der Waals surface area contributed by atoms with Gasteiger partial charge in [0.2, 0.25) is 0 Å². The Kier molecular flexibility index (Phi) is 5.62. The topological polar surface area (TPSA) is 69.0 Å². The second-order valence-corrected chi connectivity index (χ2v) is 3.75. The minimum absolute atomic E-state index is 0.191. The summed E-state index contributed by atoms with van der Waals surface area (Å²) in [6.45, 7) is 4.84. The Morgan fingerprint density at radius 3 is 2.88 bits per heavy atom. The third-order valence-corrected chi connectivity index (χ3v) is 2.37.